The van der Waals surface area contributed by atoms with Crippen molar-refractivity contribution in [1.82, 2.24) is 4.90 Å². The summed E-state index contributed by atoms with van der Waals surface area (Å²) in [6.45, 7) is 2.28. The van der Waals surface area contributed by atoms with E-state index < -0.39 is 23.5 Å². The van der Waals surface area contributed by atoms with Gasteiger partial charge in [0.1, 0.15) is 0 Å². The molecule has 0 aromatic rings. The van der Waals surface area contributed by atoms with Crippen LogP contribution in [0, 0.1) is 0 Å². The van der Waals surface area contributed by atoms with Gasteiger partial charge < -0.3 is 10.2 Å². The second kappa shape index (κ2) is 10.5. The van der Waals surface area contributed by atoms with E-state index in [9.17, 15) is 19.2 Å². The minimum absolute atomic E-state index is 0.0869. The van der Waals surface area contributed by atoms with E-state index in [4.69, 9.17) is 10.2 Å². The Bertz CT molecular complexity index is 414. The van der Waals surface area contributed by atoms with E-state index in [0.29, 0.717) is 6.54 Å². The summed E-state index contributed by atoms with van der Waals surface area (Å²) in [5.74, 6) is -3.29. The molecular formula is C14H19NO6. The van der Waals surface area contributed by atoms with Crippen molar-refractivity contribution in [1.29, 1.82) is 0 Å². The molecule has 0 saturated heterocycles. The first kappa shape index (κ1) is 18.7. The molecule has 0 aliphatic carbocycles. The second-order valence-corrected chi connectivity index (χ2v) is 4.34. The smallest absolute Gasteiger partial charge is 0.328 e. The normalized spacial score (nSPS) is 11.3. The first-order valence-electron chi connectivity index (χ1n) is 6.45. The maximum Gasteiger partial charge on any atom is 0.328 e. The maximum atomic E-state index is 11.6. The highest BCUT2D eigenvalue weighted by atomic mass is 16.4. The lowest BCUT2D eigenvalue weighted by Crippen LogP contribution is -2.34. The van der Waals surface area contributed by atoms with Crippen LogP contribution in [-0.4, -0.2) is 58.3 Å². The van der Waals surface area contributed by atoms with E-state index in [1.54, 1.807) is 4.90 Å². The fourth-order valence-corrected chi connectivity index (χ4v) is 1.47. The molecule has 0 rings (SSSR count). The van der Waals surface area contributed by atoms with E-state index >= 15 is 0 Å². The molecule has 0 unspecified atom stereocenters. The number of carboxylic acid groups (broad SMARTS) is 2. The summed E-state index contributed by atoms with van der Waals surface area (Å²) in [5.41, 5.74) is 0. The Balaban J connectivity index is 4.57. The van der Waals surface area contributed by atoms with Crippen molar-refractivity contribution >= 4 is 23.5 Å². The minimum Gasteiger partial charge on any atom is -0.478 e. The molecular weight excluding hydrogens is 278 g/mol. The van der Waals surface area contributed by atoms with Gasteiger partial charge in [0.05, 0.1) is 13.1 Å². The van der Waals surface area contributed by atoms with Gasteiger partial charge in [-0.25, -0.2) is 9.59 Å². The molecule has 21 heavy (non-hydrogen) atoms. The Labute approximate surface area is 122 Å². The molecule has 0 amide bonds. The topological polar surface area (TPSA) is 112 Å². The quantitative estimate of drug-likeness (QED) is 0.534. The van der Waals surface area contributed by atoms with Crippen LogP contribution in [0.5, 0.6) is 0 Å². The standard InChI is InChI=1S/C14H19NO6/c1-2-3-8-15(9-11(16)4-6-13(18)19)10-12(17)5-7-14(20)21/h4-7H,2-3,8-10H2,1H3,(H,18,19)(H,20,21)/b6-4-,7-5+. The molecule has 0 spiro atoms. The van der Waals surface area contributed by atoms with E-state index in [-0.39, 0.29) is 13.1 Å². The van der Waals surface area contributed by atoms with Gasteiger partial charge in [-0.15, -0.1) is 0 Å². The zero-order valence-corrected chi connectivity index (χ0v) is 11.8. The number of aliphatic carboxylic acids is 2. The monoisotopic (exact) mass is 297 g/mol. The zero-order valence-electron chi connectivity index (χ0n) is 11.8. The molecule has 0 bridgehead atoms. The number of hydrogen-bond acceptors (Lipinski definition) is 5. The van der Waals surface area contributed by atoms with Crippen LogP contribution in [0.25, 0.3) is 0 Å². The Morgan fingerprint density at radius 1 is 0.857 bits per heavy atom. The van der Waals surface area contributed by atoms with Gasteiger partial charge in [-0.1, -0.05) is 13.3 Å². The molecule has 7 nitrogen and oxygen atoms in total. The molecule has 0 aromatic carbocycles. The Morgan fingerprint density at radius 2 is 1.29 bits per heavy atom. The Morgan fingerprint density at radius 3 is 1.62 bits per heavy atom. The van der Waals surface area contributed by atoms with Crippen molar-refractivity contribution in [2.75, 3.05) is 19.6 Å². The second-order valence-electron chi connectivity index (χ2n) is 4.34. The third kappa shape index (κ3) is 11.3. The zero-order chi connectivity index (χ0) is 16.3. The molecule has 2 N–H and O–H groups in total. The van der Waals surface area contributed by atoms with Crippen molar-refractivity contribution in [3.63, 3.8) is 0 Å². The average Bonchev–Trinajstić information content (AvgIpc) is 2.40. The van der Waals surface area contributed by atoms with Gasteiger partial charge in [0.2, 0.25) is 0 Å². The Kier molecular flexibility index (Phi) is 9.36. The summed E-state index contributed by atoms with van der Waals surface area (Å²) in [6, 6.07) is 0. The van der Waals surface area contributed by atoms with Crippen LogP contribution in [-0.2, 0) is 19.2 Å². The number of carbonyl (C=O) groups is 4. The van der Waals surface area contributed by atoms with Crippen LogP contribution in [0.15, 0.2) is 24.3 Å². The molecule has 116 valence electrons. The van der Waals surface area contributed by atoms with Gasteiger partial charge in [0, 0.05) is 12.2 Å². The highest BCUT2D eigenvalue weighted by molar-refractivity contribution is 5.98. The number of nitrogens with zero attached hydrogens (tertiary/aromatic N) is 1. The van der Waals surface area contributed by atoms with E-state index in [2.05, 4.69) is 0 Å². The molecule has 0 aromatic heterocycles. The summed E-state index contributed by atoms with van der Waals surface area (Å²) in [6.07, 6.45) is 5.01. The number of carboxylic acids is 2. The van der Waals surface area contributed by atoms with Gasteiger partial charge >= 0.3 is 11.9 Å². The SMILES string of the molecule is CCCCN(CC(=O)/C=C\C(=O)O)CC(=O)/C=C/C(=O)O. The van der Waals surface area contributed by atoms with E-state index in [1.165, 1.54) is 0 Å². The predicted molar refractivity (Wildman–Crippen MR) is 74.9 cm³/mol. The summed E-state index contributed by atoms with van der Waals surface area (Å²) in [4.78, 5) is 45.3. The summed E-state index contributed by atoms with van der Waals surface area (Å²) in [5, 5.41) is 16.9. The lowest BCUT2D eigenvalue weighted by molar-refractivity contribution is -0.132. The van der Waals surface area contributed by atoms with Crippen LogP contribution < -0.4 is 0 Å². The Hall–Kier alpha value is -2.28. The molecule has 0 heterocycles. The van der Waals surface area contributed by atoms with Crippen LogP contribution in [0.3, 0.4) is 0 Å². The molecule has 0 saturated carbocycles. The van der Waals surface area contributed by atoms with Crippen molar-refractivity contribution in [3.05, 3.63) is 24.3 Å². The van der Waals surface area contributed by atoms with E-state index in [0.717, 1.165) is 37.1 Å². The van der Waals surface area contributed by atoms with Gasteiger partial charge in [-0.3, -0.25) is 14.5 Å². The molecule has 0 aliphatic rings. The largest absolute Gasteiger partial charge is 0.478 e. The van der Waals surface area contributed by atoms with Crippen LogP contribution in [0.1, 0.15) is 19.8 Å². The number of carbonyl (C=O) groups excluding carboxylic acids is 2. The summed E-state index contributed by atoms with van der Waals surface area (Å²) < 4.78 is 0. The molecule has 0 aliphatic heterocycles. The van der Waals surface area contributed by atoms with Crippen molar-refractivity contribution in [2.45, 2.75) is 19.8 Å². The third-order valence-corrected chi connectivity index (χ3v) is 2.41. The highest BCUT2D eigenvalue weighted by Gasteiger charge is 2.12. The summed E-state index contributed by atoms with van der Waals surface area (Å²) >= 11 is 0. The number of unbranched alkanes of at least 4 members (excludes halogenated alkanes) is 1. The summed E-state index contributed by atoms with van der Waals surface area (Å²) in [7, 11) is 0. The van der Waals surface area contributed by atoms with Gasteiger partial charge in [-0.05, 0) is 25.1 Å². The van der Waals surface area contributed by atoms with Crippen LogP contribution in [0.4, 0.5) is 0 Å². The molecule has 0 radical (unpaired) electrons. The van der Waals surface area contributed by atoms with Crippen molar-refractivity contribution in [2.24, 2.45) is 0 Å². The van der Waals surface area contributed by atoms with E-state index in [1.807, 2.05) is 6.92 Å². The molecule has 0 atom stereocenters. The predicted octanol–water partition coefficient (Wildman–Crippen LogP) is 0.508. The maximum absolute atomic E-state index is 11.6. The third-order valence-electron chi connectivity index (χ3n) is 2.41. The number of hydrogen-bond donors (Lipinski definition) is 2. The molecule has 0 fully saturated rings. The van der Waals surface area contributed by atoms with Gasteiger partial charge in [0.15, 0.2) is 11.6 Å². The lowest BCUT2D eigenvalue weighted by atomic mass is 10.2. The first-order chi connectivity index (χ1) is 9.85. The van der Waals surface area contributed by atoms with Crippen LogP contribution >= 0.6 is 0 Å². The minimum atomic E-state index is -1.22. The van der Waals surface area contributed by atoms with Gasteiger partial charge in [-0.2, -0.15) is 0 Å². The highest BCUT2D eigenvalue weighted by Crippen LogP contribution is 1.97. The number of rotatable bonds is 11. The van der Waals surface area contributed by atoms with Crippen molar-refractivity contribution < 1.29 is 29.4 Å². The van der Waals surface area contributed by atoms with Crippen molar-refractivity contribution in [3.8, 4) is 0 Å². The lowest BCUT2D eigenvalue weighted by Gasteiger charge is -2.18. The fourth-order valence-electron chi connectivity index (χ4n) is 1.47. The first-order valence-corrected chi connectivity index (χ1v) is 6.45. The fraction of sp³-hybridized carbons (Fsp3) is 0.429. The molecule has 7 heteroatoms. The average molecular weight is 297 g/mol. The van der Waals surface area contributed by atoms with Gasteiger partial charge in [0.25, 0.3) is 0 Å². The van der Waals surface area contributed by atoms with Crippen LogP contribution in [0.2, 0.25) is 0 Å². The number of ketones is 2.